The highest BCUT2D eigenvalue weighted by atomic mass is 15.3. The lowest BCUT2D eigenvalue weighted by molar-refractivity contribution is 0.195. The highest BCUT2D eigenvalue weighted by molar-refractivity contribution is 7.00. The Hall–Kier alpha value is -6.78. The van der Waals surface area contributed by atoms with E-state index >= 15 is 0 Å². The zero-order valence-corrected chi connectivity index (χ0v) is 56.5. The lowest BCUT2D eigenvalue weighted by Gasteiger charge is -2.52. The number of hydrogen-bond acceptors (Lipinski definition) is 3. The standard InChI is InChI=1S/C83H96BN3/c1-51-42-53(75(2,3)4)32-35-67(51)85-70-49-61-60(78(11,12)40-41-79(61,13)14)47-65(70)84-66-48-62-63(81(17,18)59-31-25-24-30-58(59)80(62,15)16)50-71(66)86(68-36-33-54(76(5,6)7)43-57(68)52-28-22-21-23-29-52)73-46-56(45-72(85)74(73)84)87-69-37-34-55(77(8,9)10)44-64(69)82(19)38-26-27-39-83(82,87)20/h21-25,28-37,42-50H,26-27,38-41H2,1-20H3. The van der Waals surface area contributed by atoms with E-state index < -0.39 is 0 Å². The zero-order chi connectivity index (χ0) is 61.9. The van der Waals surface area contributed by atoms with E-state index in [4.69, 9.17) is 0 Å². The van der Waals surface area contributed by atoms with Crippen LogP contribution in [0.15, 0.2) is 146 Å². The van der Waals surface area contributed by atoms with Gasteiger partial charge in [0.05, 0.1) is 11.2 Å². The van der Waals surface area contributed by atoms with Crippen LogP contribution in [0.25, 0.3) is 11.1 Å². The minimum absolute atomic E-state index is 0.00542. The van der Waals surface area contributed by atoms with Gasteiger partial charge in [0.1, 0.15) is 0 Å². The highest BCUT2D eigenvalue weighted by Gasteiger charge is 2.59. The lowest BCUT2D eigenvalue weighted by atomic mass is 9.32. The highest BCUT2D eigenvalue weighted by Crippen LogP contribution is 2.63. The lowest BCUT2D eigenvalue weighted by Crippen LogP contribution is -2.62. The predicted molar refractivity (Wildman–Crippen MR) is 376 cm³/mol. The summed E-state index contributed by atoms with van der Waals surface area (Å²) in [6.45, 7) is 49.0. The molecule has 3 aliphatic heterocycles. The fraction of sp³-hybridized carbons (Fsp3) is 0.422. The number of fused-ring (bicyclic) bond motifs is 10. The van der Waals surface area contributed by atoms with Crippen LogP contribution < -0.4 is 31.1 Å². The second kappa shape index (κ2) is 18.7. The number of nitrogens with zero attached hydrogens (tertiary/aromatic N) is 3. The van der Waals surface area contributed by atoms with Crippen molar-refractivity contribution < 1.29 is 0 Å². The van der Waals surface area contributed by atoms with E-state index in [1.54, 1.807) is 0 Å². The second-order valence-corrected chi connectivity index (χ2v) is 33.7. The predicted octanol–water partition coefficient (Wildman–Crippen LogP) is 20.7. The summed E-state index contributed by atoms with van der Waals surface area (Å²) in [5.41, 5.74) is 31.7. The molecular weight excluding hydrogens is 1050 g/mol. The van der Waals surface area contributed by atoms with E-state index in [-0.39, 0.29) is 55.6 Å². The van der Waals surface area contributed by atoms with Gasteiger partial charge < -0.3 is 14.7 Å². The maximum absolute atomic E-state index is 2.88. The summed E-state index contributed by atoms with van der Waals surface area (Å²) < 4.78 is 0. The Bertz CT molecular complexity index is 4190. The quantitative estimate of drug-likeness (QED) is 0.163. The minimum atomic E-state index is -0.272. The molecule has 0 aromatic heterocycles. The molecular formula is C83H96BN3. The molecule has 14 rings (SSSR count). The van der Waals surface area contributed by atoms with Crippen molar-refractivity contribution >= 4 is 68.6 Å². The first kappa shape index (κ1) is 57.9. The Morgan fingerprint density at radius 3 is 1.40 bits per heavy atom. The molecule has 8 aromatic carbocycles. The number of anilines is 8. The van der Waals surface area contributed by atoms with Gasteiger partial charge in [-0.2, -0.15) is 0 Å². The van der Waals surface area contributed by atoms with Gasteiger partial charge in [0.15, 0.2) is 0 Å². The first-order valence-corrected chi connectivity index (χ1v) is 33.2. The fourth-order valence-electron chi connectivity index (χ4n) is 17.7. The van der Waals surface area contributed by atoms with Crippen LogP contribution >= 0.6 is 0 Å². The molecule has 1 fully saturated rings. The van der Waals surface area contributed by atoms with Gasteiger partial charge in [-0.15, -0.1) is 0 Å². The van der Waals surface area contributed by atoms with Gasteiger partial charge >= 0.3 is 0 Å². The molecule has 1 saturated carbocycles. The maximum atomic E-state index is 2.88. The Labute approximate surface area is 524 Å². The summed E-state index contributed by atoms with van der Waals surface area (Å²) in [6, 6.07) is 59.5. The fourth-order valence-corrected chi connectivity index (χ4v) is 17.7. The van der Waals surface area contributed by atoms with E-state index in [0.29, 0.717) is 0 Å². The normalized spacial score (nSPS) is 21.7. The molecule has 2 atom stereocenters. The van der Waals surface area contributed by atoms with Gasteiger partial charge in [-0.05, 0) is 198 Å². The smallest absolute Gasteiger partial charge is 0.252 e. The van der Waals surface area contributed by atoms with Gasteiger partial charge in [-0.3, -0.25) is 0 Å². The second-order valence-electron chi connectivity index (χ2n) is 33.7. The molecule has 0 bridgehead atoms. The van der Waals surface area contributed by atoms with Gasteiger partial charge in [-0.25, -0.2) is 0 Å². The molecule has 4 heteroatoms. The van der Waals surface area contributed by atoms with Crippen LogP contribution in [0.1, 0.15) is 231 Å². The van der Waals surface area contributed by atoms with Crippen molar-refractivity contribution in [1.29, 1.82) is 0 Å². The van der Waals surface area contributed by atoms with Crippen LogP contribution in [-0.4, -0.2) is 12.3 Å². The van der Waals surface area contributed by atoms with Crippen LogP contribution in [0.3, 0.4) is 0 Å². The molecule has 6 aliphatic rings. The molecule has 0 spiro atoms. The van der Waals surface area contributed by atoms with Crippen LogP contribution in [0.2, 0.25) is 0 Å². The van der Waals surface area contributed by atoms with E-state index in [1.165, 1.54) is 147 Å². The summed E-state index contributed by atoms with van der Waals surface area (Å²) in [6.07, 6.45) is 7.03. The van der Waals surface area contributed by atoms with Gasteiger partial charge in [0, 0.05) is 61.6 Å². The molecule has 0 radical (unpaired) electrons. The third kappa shape index (κ3) is 8.33. The molecule has 87 heavy (non-hydrogen) atoms. The largest absolute Gasteiger partial charge is 0.334 e. The summed E-state index contributed by atoms with van der Waals surface area (Å²) in [5.74, 6) is 0. The van der Waals surface area contributed by atoms with Crippen molar-refractivity contribution in [3.63, 3.8) is 0 Å². The van der Waals surface area contributed by atoms with Crippen LogP contribution in [-0.2, 0) is 43.3 Å². The molecule has 2 unspecified atom stereocenters. The van der Waals surface area contributed by atoms with Crippen molar-refractivity contribution in [3.05, 3.63) is 207 Å². The average Bonchev–Trinajstić information content (AvgIpc) is 1.57. The van der Waals surface area contributed by atoms with Gasteiger partial charge in [-0.1, -0.05) is 235 Å². The van der Waals surface area contributed by atoms with Crippen molar-refractivity contribution in [2.75, 3.05) is 14.7 Å². The van der Waals surface area contributed by atoms with Crippen molar-refractivity contribution in [3.8, 4) is 11.1 Å². The molecule has 3 nitrogen and oxygen atoms in total. The SMILES string of the molecule is Cc1cc(C(C)(C)C)ccc1N1c2cc3c(cc2B2c4cc5c(cc4N(c4ccc(C(C)(C)C)cc4-c4ccccc4)c4cc(N6c7ccc(C(C)(C)C)cc7C7(C)CCCCC67C)cc1c42)C(C)(C)c1ccccc1C5(C)C)C(C)(C)CCC3(C)C. The van der Waals surface area contributed by atoms with Crippen LogP contribution in [0.4, 0.5) is 45.5 Å². The van der Waals surface area contributed by atoms with Crippen LogP contribution in [0.5, 0.6) is 0 Å². The van der Waals surface area contributed by atoms with Crippen LogP contribution in [0, 0.1) is 6.92 Å². The molecule has 0 saturated heterocycles. The molecule has 3 aliphatic carbocycles. The van der Waals surface area contributed by atoms with Crippen molar-refractivity contribution in [2.45, 2.75) is 226 Å². The Morgan fingerprint density at radius 1 is 0.379 bits per heavy atom. The minimum Gasteiger partial charge on any atom is -0.334 e. The molecule has 8 aromatic rings. The van der Waals surface area contributed by atoms with E-state index in [1.807, 2.05) is 0 Å². The molecule has 0 N–H and O–H groups in total. The van der Waals surface area contributed by atoms with Gasteiger partial charge in [0.2, 0.25) is 0 Å². The first-order chi connectivity index (χ1) is 40.7. The molecule has 446 valence electrons. The number of rotatable bonds is 4. The monoisotopic (exact) mass is 1150 g/mol. The van der Waals surface area contributed by atoms with Crippen molar-refractivity contribution in [2.24, 2.45) is 0 Å². The number of benzene rings is 8. The molecule has 3 heterocycles. The topological polar surface area (TPSA) is 9.72 Å². The third-order valence-corrected chi connectivity index (χ3v) is 23.5. The summed E-state index contributed by atoms with van der Waals surface area (Å²) in [4.78, 5) is 8.45. The van der Waals surface area contributed by atoms with E-state index in [0.717, 1.165) is 25.7 Å². The Balaban J connectivity index is 1.18. The summed E-state index contributed by atoms with van der Waals surface area (Å²) in [5, 5.41) is 0. The average molecular weight is 1150 g/mol. The summed E-state index contributed by atoms with van der Waals surface area (Å²) in [7, 11) is 0. The maximum Gasteiger partial charge on any atom is 0.252 e. The number of hydrogen-bond donors (Lipinski definition) is 0. The zero-order valence-electron chi connectivity index (χ0n) is 56.5. The third-order valence-electron chi connectivity index (χ3n) is 23.5. The van der Waals surface area contributed by atoms with E-state index in [9.17, 15) is 0 Å². The Kier molecular flexibility index (Phi) is 12.4. The molecule has 0 amide bonds. The van der Waals surface area contributed by atoms with E-state index in [2.05, 4.69) is 299 Å². The first-order valence-electron chi connectivity index (χ1n) is 33.2. The van der Waals surface area contributed by atoms with Gasteiger partial charge in [0.25, 0.3) is 6.71 Å². The van der Waals surface area contributed by atoms with Crippen molar-refractivity contribution in [1.82, 2.24) is 0 Å². The summed E-state index contributed by atoms with van der Waals surface area (Å²) >= 11 is 0. The number of aryl methyl sites for hydroxylation is 1. The Morgan fingerprint density at radius 2 is 0.839 bits per heavy atom.